The van der Waals surface area contributed by atoms with Crippen molar-refractivity contribution in [2.75, 3.05) is 25.0 Å². The summed E-state index contributed by atoms with van der Waals surface area (Å²) in [6.45, 7) is 19.0. The highest BCUT2D eigenvalue weighted by atomic mass is 35.5. The molecule has 0 bridgehead atoms. The molecule has 51 heavy (non-hydrogen) atoms. The summed E-state index contributed by atoms with van der Waals surface area (Å²) in [5.41, 5.74) is 2.80. The van der Waals surface area contributed by atoms with Crippen molar-refractivity contribution in [1.82, 2.24) is 29.0 Å². The Labute approximate surface area is 313 Å². The van der Waals surface area contributed by atoms with Gasteiger partial charge >= 0.3 is 0 Å². The van der Waals surface area contributed by atoms with Crippen LogP contribution >= 0.6 is 23.2 Å². The van der Waals surface area contributed by atoms with Crippen LogP contribution in [0, 0.1) is 5.92 Å². The van der Waals surface area contributed by atoms with E-state index >= 15 is 0 Å². The minimum Gasteiger partial charge on any atom is -0.367 e. The molecule has 13 heteroatoms. The summed E-state index contributed by atoms with van der Waals surface area (Å²) >= 11 is 12.8. The summed E-state index contributed by atoms with van der Waals surface area (Å²) in [6.07, 6.45) is 10.1. The summed E-state index contributed by atoms with van der Waals surface area (Å²) in [4.78, 5) is 16.9. The van der Waals surface area contributed by atoms with E-state index in [1.807, 2.05) is 26.0 Å². The molecule has 1 N–H and O–H groups in total. The number of anilines is 1. The molecule has 1 aliphatic heterocycles. The van der Waals surface area contributed by atoms with Crippen molar-refractivity contribution in [1.29, 1.82) is 0 Å². The number of hydrogen-bond donors (Lipinski definition) is 1. The molecule has 4 aromatic rings. The monoisotopic (exact) mass is 755 g/mol. The lowest BCUT2D eigenvalue weighted by Crippen LogP contribution is -2.39. The number of aromatic nitrogens is 5. The average molecular weight is 757 g/mol. The summed E-state index contributed by atoms with van der Waals surface area (Å²) in [6, 6.07) is 8.14. The first-order valence-electron chi connectivity index (χ1n) is 18.9. The Morgan fingerprint density at radius 3 is 2.59 bits per heavy atom. The summed E-state index contributed by atoms with van der Waals surface area (Å²) in [5, 5.41) is 5.72. The minimum absolute atomic E-state index is 0.0223. The highest BCUT2D eigenvalue weighted by molar-refractivity contribution is 6.76. The number of benzene rings is 1. The summed E-state index contributed by atoms with van der Waals surface area (Å²) < 4.78 is 24.0. The van der Waals surface area contributed by atoms with Gasteiger partial charge in [-0.2, -0.15) is 0 Å². The summed E-state index contributed by atoms with van der Waals surface area (Å²) in [7, 11) is -1.19. The van der Waals surface area contributed by atoms with Gasteiger partial charge in [0.05, 0.1) is 38.6 Å². The number of ether oxygens (including phenoxy) is 3. The topological polar surface area (TPSA) is 91.5 Å². The van der Waals surface area contributed by atoms with Crippen LogP contribution in [-0.2, 0) is 27.4 Å². The predicted octanol–water partition coefficient (Wildman–Crippen LogP) is 8.79. The maximum atomic E-state index is 6.65. The van der Waals surface area contributed by atoms with E-state index in [0.29, 0.717) is 34.8 Å². The molecule has 2 aliphatic carbocycles. The fourth-order valence-electron chi connectivity index (χ4n) is 7.78. The Morgan fingerprint density at radius 1 is 1.08 bits per heavy atom. The molecule has 0 radical (unpaired) electrons. The fraction of sp³-hybridized carbons (Fsp3) is 0.658. The van der Waals surface area contributed by atoms with Crippen molar-refractivity contribution in [3.63, 3.8) is 0 Å². The van der Waals surface area contributed by atoms with Crippen LogP contribution in [0.4, 0.5) is 5.82 Å². The number of nitrogens with one attached hydrogen (secondary N) is 1. The number of hydrogen-bond acceptors (Lipinski definition) is 8. The van der Waals surface area contributed by atoms with Gasteiger partial charge in [0, 0.05) is 51.8 Å². The molecule has 4 heterocycles. The molecule has 278 valence electrons. The van der Waals surface area contributed by atoms with Crippen LogP contribution < -0.4 is 5.32 Å². The van der Waals surface area contributed by atoms with Crippen LogP contribution in [0.2, 0.25) is 35.7 Å². The van der Waals surface area contributed by atoms with Gasteiger partial charge in [0.1, 0.15) is 36.5 Å². The maximum Gasteiger partial charge on any atom is 0.163 e. The molecule has 1 aromatic carbocycles. The van der Waals surface area contributed by atoms with Gasteiger partial charge in [-0.05, 0) is 90.6 Å². The van der Waals surface area contributed by atoms with Crippen LogP contribution in [0.15, 0.2) is 30.7 Å². The van der Waals surface area contributed by atoms with Gasteiger partial charge in [0.2, 0.25) is 0 Å². The van der Waals surface area contributed by atoms with Crippen LogP contribution in [0.1, 0.15) is 71.7 Å². The molecule has 2 saturated carbocycles. The van der Waals surface area contributed by atoms with Gasteiger partial charge in [-0.1, -0.05) is 42.8 Å². The standard InChI is InChI=1S/C38H55Cl2N7O3Si/c1-24(2)45(14-9-8-10-33-44-30-19-28(39)29(40)20-31(30)47(33)23-48-16-17-51(5,6)7)21-25-18-32(35-34(25)49-38(3,4)50-35)46-15-13-27-36(43-26-11-12-26)41-22-42-37(27)46/h13,15,19-20,22,24-26,32,34-35H,8-12,14,16-18,21,23H2,1-7H3,(H,41,42,43). The van der Waals surface area contributed by atoms with E-state index < -0.39 is 13.9 Å². The minimum atomic E-state index is -1.19. The molecular weight excluding hydrogens is 701 g/mol. The van der Waals surface area contributed by atoms with Gasteiger partial charge in [-0.25, -0.2) is 15.0 Å². The normalized spacial score (nSPS) is 23.4. The number of unbranched alkanes of at least 4 members (excludes halogenated alkanes) is 1. The first-order valence-corrected chi connectivity index (χ1v) is 23.3. The van der Waals surface area contributed by atoms with E-state index in [-0.39, 0.29) is 18.2 Å². The van der Waals surface area contributed by atoms with Crippen LogP contribution in [0.25, 0.3) is 22.1 Å². The zero-order valence-electron chi connectivity index (χ0n) is 31.3. The van der Waals surface area contributed by atoms with Crippen molar-refractivity contribution < 1.29 is 14.2 Å². The predicted molar refractivity (Wildman–Crippen MR) is 209 cm³/mol. The van der Waals surface area contributed by atoms with Crippen molar-refractivity contribution >= 4 is 59.2 Å². The second-order valence-electron chi connectivity index (χ2n) is 16.8. The van der Waals surface area contributed by atoms with E-state index in [4.69, 9.17) is 47.4 Å². The molecule has 0 amide bonds. The number of nitrogens with zero attached hydrogens (tertiary/aromatic N) is 6. The second kappa shape index (κ2) is 14.9. The van der Waals surface area contributed by atoms with Gasteiger partial charge in [-0.3, -0.25) is 0 Å². The van der Waals surface area contributed by atoms with Crippen molar-refractivity contribution in [3.05, 3.63) is 46.6 Å². The second-order valence-corrected chi connectivity index (χ2v) is 23.3. The average Bonchev–Trinajstić information content (AvgIpc) is 3.36. The van der Waals surface area contributed by atoms with Gasteiger partial charge in [-0.15, -0.1) is 0 Å². The highest BCUT2D eigenvalue weighted by Gasteiger charge is 2.55. The first kappa shape index (κ1) is 37.1. The third kappa shape index (κ3) is 8.45. The Balaban J connectivity index is 1.02. The van der Waals surface area contributed by atoms with Gasteiger partial charge in [0.15, 0.2) is 5.79 Å². The molecule has 3 aliphatic rings. The highest BCUT2D eigenvalue weighted by Crippen LogP contribution is 2.48. The zero-order chi connectivity index (χ0) is 36.1. The van der Waals surface area contributed by atoms with Crippen LogP contribution in [-0.4, -0.2) is 86.8 Å². The van der Waals surface area contributed by atoms with E-state index in [1.165, 1.54) is 12.8 Å². The lowest BCUT2D eigenvalue weighted by atomic mass is 10.0. The quantitative estimate of drug-likeness (QED) is 0.0897. The van der Waals surface area contributed by atoms with Crippen LogP contribution in [0.3, 0.4) is 0 Å². The van der Waals surface area contributed by atoms with E-state index in [2.05, 4.69) is 70.1 Å². The molecule has 4 atom stereocenters. The smallest absolute Gasteiger partial charge is 0.163 e. The molecule has 4 unspecified atom stereocenters. The Kier molecular flexibility index (Phi) is 10.8. The number of imidazole rings is 1. The number of aryl methyl sites for hydroxylation is 1. The molecule has 1 saturated heterocycles. The molecule has 7 rings (SSSR count). The number of halogens is 2. The van der Waals surface area contributed by atoms with E-state index in [9.17, 15) is 0 Å². The molecule has 3 fully saturated rings. The lowest BCUT2D eigenvalue weighted by Gasteiger charge is -2.31. The van der Waals surface area contributed by atoms with E-state index in [0.717, 1.165) is 85.1 Å². The maximum absolute atomic E-state index is 6.65. The van der Waals surface area contributed by atoms with E-state index in [1.54, 1.807) is 6.33 Å². The zero-order valence-corrected chi connectivity index (χ0v) is 33.8. The fourth-order valence-corrected chi connectivity index (χ4v) is 8.85. The van der Waals surface area contributed by atoms with Crippen molar-refractivity contribution in [3.8, 4) is 0 Å². The Morgan fingerprint density at radius 2 is 1.84 bits per heavy atom. The molecule has 10 nitrogen and oxygen atoms in total. The number of fused-ring (bicyclic) bond motifs is 3. The lowest BCUT2D eigenvalue weighted by molar-refractivity contribution is -0.161. The molecule has 0 spiro atoms. The Hall–Kier alpha value is -2.25. The van der Waals surface area contributed by atoms with Gasteiger partial charge < -0.3 is 33.6 Å². The van der Waals surface area contributed by atoms with Gasteiger partial charge in [0.25, 0.3) is 0 Å². The number of rotatable bonds is 16. The largest absolute Gasteiger partial charge is 0.367 e. The molecule has 3 aromatic heterocycles. The van der Waals surface area contributed by atoms with Crippen LogP contribution in [0.5, 0.6) is 0 Å². The van der Waals surface area contributed by atoms with Crippen molar-refractivity contribution in [2.24, 2.45) is 5.92 Å². The first-order chi connectivity index (χ1) is 24.3. The molecular formula is C38H55Cl2N7O3Si. The Bertz CT molecular complexity index is 1840. The SMILES string of the molecule is CC(C)N(CCCCc1nc2cc(Cl)c(Cl)cc2n1COCC[Si](C)(C)C)CC1CC(n2ccc3c(NC4CC4)ncnc32)C2OC(C)(C)OC12. The summed E-state index contributed by atoms with van der Waals surface area (Å²) in [5.74, 6) is 1.66. The third-order valence-corrected chi connectivity index (χ3v) is 13.1. The van der Waals surface area contributed by atoms with Crippen molar-refractivity contribution in [2.45, 2.75) is 135 Å². The third-order valence-electron chi connectivity index (χ3n) is 10.7.